The molecule has 0 aliphatic heterocycles. The summed E-state index contributed by atoms with van der Waals surface area (Å²) in [5.41, 5.74) is 1.39. The number of rotatable bonds is 3. The van der Waals surface area contributed by atoms with Crippen LogP contribution in [0.1, 0.15) is 12.2 Å². The molecule has 18 heavy (non-hydrogen) atoms. The van der Waals surface area contributed by atoms with E-state index in [2.05, 4.69) is 9.97 Å². The van der Waals surface area contributed by atoms with Crippen LogP contribution in [0.25, 0.3) is 11.3 Å². The van der Waals surface area contributed by atoms with E-state index < -0.39 is 5.82 Å². The van der Waals surface area contributed by atoms with E-state index in [4.69, 9.17) is 16.9 Å². The number of nitrogens with zero attached hydrogens (tertiary/aromatic N) is 3. The number of aromatic nitrogens is 2. The Morgan fingerprint density at radius 3 is 2.89 bits per heavy atom. The molecule has 0 N–H and O–H groups in total. The first-order chi connectivity index (χ1) is 8.70. The fraction of sp³-hybridized carbons (Fsp3) is 0.154. The van der Waals surface area contributed by atoms with Gasteiger partial charge in [0.2, 0.25) is 0 Å². The second-order valence-corrected chi connectivity index (χ2v) is 4.05. The van der Waals surface area contributed by atoms with Crippen molar-refractivity contribution in [2.45, 2.75) is 12.8 Å². The molecule has 0 amide bonds. The van der Waals surface area contributed by atoms with Gasteiger partial charge in [0.15, 0.2) is 0 Å². The first-order valence-corrected chi connectivity index (χ1v) is 5.73. The molecular formula is C13H9ClFN3. The molecule has 0 fully saturated rings. The van der Waals surface area contributed by atoms with Gasteiger partial charge in [-0.2, -0.15) is 5.26 Å². The fourth-order valence-electron chi connectivity index (χ4n) is 1.50. The normalized spacial score (nSPS) is 10.1. The molecule has 0 radical (unpaired) electrons. The van der Waals surface area contributed by atoms with E-state index in [-0.39, 0.29) is 5.02 Å². The molecule has 90 valence electrons. The summed E-state index contributed by atoms with van der Waals surface area (Å²) in [5.74, 6) is 0.133. The second kappa shape index (κ2) is 5.56. The number of hydrogen-bond donors (Lipinski definition) is 0. The van der Waals surface area contributed by atoms with Crippen molar-refractivity contribution in [1.29, 1.82) is 5.26 Å². The molecule has 1 aromatic heterocycles. The van der Waals surface area contributed by atoms with Crippen molar-refractivity contribution in [2.75, 3.05) is 0 Å². The molecular weight excluding hydrogens is 253 g/mol. The average Bonchev–Trinajstić information content (AvgIpc) is 2.40. The van der Waals surface area contributed by atoms with E-state index in [1.54, 1.807) is 18.3 Å². The Labute approximate surface area is 109 Å². The minimum atomic E-state index is -0.459. The van der Waals surface area contributed by atoms with Crippen molar-refractivity contribution in [1.82, 2.24) is 9.97 Å². The maximum absolute atomic E-state index is 13.1. The summed E-state index contributed by atoms with van der Waals surface area (Å²) in [6, 6.07) is 8.19. The molecule has 0 saturated carbocycles. The average molecular weight is 262 g/mol. The second-order valence-electron chi connectivity index (χ2n) is 3.65. The Balaban J connectivity index is 2.32. The van der Waals surface area contributed by atoms with Gasteiger partial charge >= 0.3 is 0 Å². The Kier molecular flexibility index (Phi) is 3.85. The topological polar surface area (TPSA) is 49.6 Å². The van der Waals surface area contributed by atoms with Crippen molar-refractivity contribution < 1.29 is 4.39 Å². The smallest absolute Gasteiger partial charge is 0.141 e. The molecule has 2 rings (SSSR count). The Bertz CT molecular complexity index is 607. The minimum absolute atomic E-state index is 0.0599. The lowest BCUT2D eigenvalue weighted by molar-refractivity contribution is 0.628. The maximum atomic E-state index is 13.1. The third-order valence-corrected chi connectivity index (χ3v) is 2.67. The highest BCUT2D eigenvalue weighted by atomic mass is 35.5. The van der Waals surface area contributed by atoms with Gasteiger partial charge in [-0.15, -0.1) is 0 Å². The van der Waals surface area contributed by atoms with Crippen LogP contribution in [0.15, 0.2) is 30.5 Å². The summed E-state index contributed by atoms with van der Waals surface area (Å²) in [5, 5.41) is 8.58. The van der Waals surface area contributed by atoms with E-state index in [9.17, 15) is 4.39 Å². The Morgan fingerprint density at radius 2 is 2.17 bits per heavy atom. The summed E-state index contributed by atoms with van der Waals surface area (Å²) in [6.07, 6.45) is 2.49. The third-order valence-electron chi connectivity index (χ3n) is 2.38. The lowest BCUT2D eigenvalue weighted by atomic mass is 10.1. The van der Waals surface area contributed by atoms with Crippen molar-refractivity contribution >= 4 is 11.6 Å². The van der Waals surface area contributed by atoms with Gasteiger partial charge in [-0.3, -0.25) is 0 Å². The quantitative estimate of drug-likeness (QED) is 0.851. The molecule has 3 nitrogen and oxygen atoms in total. The lowest BCUT2D eigenvalue weighted by Crippen LogP contribution is -1.96. The van der Waals surface area contributed by atoms with Crippen molar-refractivity contribution in [3.05, 3.63) is 47.1 Å². The zero-order valence-corrected chi connectivity index (χ0v) is 10.2. The standard InChI is InChI=1S/C13H9ClFN3/c14-10-8-9(3-4-11(10)15)12-5-7-17-13(18-12)2-1-6-16/h3-5,7-8H,1-2H2. The molecule has 1 aromatic carbocycles. The molecule has 0 bridgehead atoms. The van der Waals surface area contributed by atoms with Crippen LogP contribution in [0.3, 0.4) is 0 Å². The number of halogens is 2. The Morgan fingerprint density at radius 1 is 1.33 bits per heavy atom. The Hall–Kier alpha value is -1.99. The van der Waals surface area contributed by atoms with E-state index >= 15 is 0 Å². The molecule has 2 aromatic rings. The van der Waals surface area contributed by atoms with E-state index in [1.165, 1.54) is 12.1 Å². The third kappa shape index (κ3) is 2.82. The highest BCUT2D eigenvalue weighted by Gasteiger charge is 2.05. The largest absolute Gasteiger partial charge is 0.241 e. The van der Waals surface area contributed by atoms with Gasteiger partial charge in [0, 0.05) is 24.6 Å². The van der Waals surface area contributed by atoms with Gasteiger partial charge in [-0.1, -0.05) is 11.6 Å². The number of nitriles is 1. The molecule has 0 spiro atoms. The maximum Gasteiger partial charge on any atom is 0.141 e. The van der Waals surface area contributed by atoms with Crippen LogP contribution in [0.4, 0.5) is 4.39 Å². The molecule has 1 heterocycles. The van der Waals surface area contributed by atoms with E-state index in [0.717, 1.165) is 5.56 Å². The first kappa shape index (κ1) is 12.5. The minimum Gasteiger partial charge on any atom is -0.241 e. The number of aryl methyl sites for hydroxylation is 1. The van der Waals surface area contributed by atoms with Gasteiger partial charge in [0.25, 0.3) is 0 Å². The summed E-state index contributed by atoms with van der Waals surface area (Å²) >= 11 is 5.73. The number of hydrogen-bond acceptors (Lipinski definition) is 3. The molecule has 0 saturated heterocycles. The van der Waals surface area contributed by atoms with Gasteiger partial charge in [-0.25, -0.2) is 14.4 Å². The molecule has 0 unspecified atom stereocenters. The van der Waals surface area contributed by atoms with Crippen LogP contribution in [-0.4, -0.2) is 9.97 Å². The van der Waals surface area contributed by atoms with Crippen LogP contribution in [0.5, 0.6) is 0 Å². The monoisotopic (exact) mass is 261 g/mol. The highest BCUT2D eigenvalue weighted by Crippen LogP contribution is 2.23. The predicted octanol–water partition coefficient (Wildman–Crippen LogP) is 3.39. The van der Waals surface area contributed by atoms with E-state index in [0.29, 0.717) is 24.4 Å². The summed E-state index contributed by atoms with van der Waals surface area (Å²) in [6.45, 7) is 0. The highest BCUT2D eigenvalue weighted by molar-refractivity contribution is 6.31. The summed E-state index contributed by atoms with van der Waals surface area (Å²) in [7, 11) is 0. The van der Waals surface area contributed by atoms with E-state index in [1.807, 2.05) is 6.07 Å². The summed E-state index contributed by atoms with van der Waals surface area (Å²) in [4.78, 5) is 8.38. The van der Waals surface area contributed by atoms with Crippen LogP contribution in [-0.2, 0) is 6.42 Å². The van der Waals surface area contributed by atoms with Crippen LogP contribution < -0.4 is 0 Å². The van der Waals surface area contributed by atoms with Crippen molar-refractivity contribution in [3.8, 4) is 17.3 Å². The summed E-state index contributed by atoms with van der Waals surface area (Å²) < 4.78 is 13.1. The van der Waals surface area contributed by atoms with Gasteiger partial charge in [0.1, 0.15) is 11.6 Å². The van der Waals surface area contributed by atoms with Crippen LogP contribution in [0, 0.1) is 17.1 Å². The molecule has 0 atom stereocenters. The first-order valence-electron chi connectivity index (χ1n) is 5.35. The molecule has 0 aliphatic carbocycles. The van der Waals surface area contributed by atoms with Crippen molar-refractivity contribution in [3.63, 3.8) is 0 Å². The van der Waals surface area contributed by atoms with Crippen LogP contribution >= 0.6 is 11.6 Å². The number of benzene rings is 1. The zero-order valence-electron chi connectivity index (χ0n) is 9.40. The SMILES string of the molecule is N#CCCc1nccc(-c2ccc(F)c(Cl)c2)n1. The van der Waals surface area contributed by atoms with Gasteiger partial charge in [0.05, 0.1) is 16.8 Å². The molecule has 0 aliphatic rings. The van der Waals surface area contributed by atoms with Crippen LogP contribution in [0.2, 0.25) is 5.02 Å². The van der Waals surface area contributed by atoms with Gasteiger partial charge in [-0.05, 0) is 24.3 Å². The van der Waals surface area contributed by atoms with Gasteiger partial charge < -0.3 is 0 Å². The predicted molar refractivity (Wildman–Crippen MR) is 66.4 cm³/mol. The zero-order chi connectivity index (χ0) is 13.0. The fourth-order valence-corrected chi connectivity index (χ4v) is 1.68. The van der Waals surface area contributed by atoms with Crippen molar-refractivity contribution in [2.24, 2.45) is 0 Å². The lowest BCUT2D eigenvalue weighted by Gasteiger charge is -2.03. The molecule has 5 heteroatoms.